The summed E-state index contributed by atoms with van der Waals surface area (Å²) in [7, 11) is 1.29. The highest BCUT2D eigenvalue weighted by Crippen LogP contribution is 2.43. The Morgan fingerprint density at radius 1 is 0.889 bits per heavy atom. The maximum absolute atomic E-state index is 15.9. The molecule has 8 unspecified atom stereocenters. The number of fused-ring (bicyclic) bond motifs is 2. The van der Waals surface area contributed by atoms with Crippen LogP contribution in [0.1, 0.15) is 127 Å². The summed E-state index contributed by atoms with van der Waals surface area (Å²) in [4.78, 5) is 62.5. The summed E-state index contributed by atoms with van der Waals surface area (Å²) >= 11 is 0. The van der Waals surface area contributed by atoms with Crippen LogP contribution in [0.3, 0.4) is 0 Å². The van der Waals surface area contributed by atoms with E-state index < -0.39 is 30.5 Å². The van der Waals surface area contributed by atoms with Crippen LogP contribution in [0.25, 0.3) is 17.1 Å². The third kappa shape index (κ3) is 9.09. The van der Waals surface area contributed by atoms with E-state index in [4.69, 9.17) is 25.2 Å². The number of halogens is 1. The summed E-state index contributed by atoms with van der Waals surface area (Å²) < 4.78 is 26.6. The topological polar surface area (TPSA) is 175 Å². The lowest BCUT2D eigenvalue weighted by Crippen LogP contribution is -2.51. The molecule has 15 heteroatoms. The number of amides is 3. The zero-order chi connectivity index (χ0) is 44.7. The Morgan fingerprint density at radius 2 is 1.60 bits per heavy atom. The fraction of sp³-hybridized carbons (Fsp3) is 0.562. The number of aromatic nitrogens is 4. The van der Waals surface area contributed by atoms with Crippen molar-refractivity contribution in [2.45, 2.75) is 141 Å². The average Bonchev–Trinajstić information content (AvgIpc) is 4.11. The Hall–Kier alpha value is -5.28. The Bertz CT molecular complexity index is 2310. The second kappa shape index (κ2) is 18.4. The SMILES string of the molecule is COC(=O)NC(C(=O)N1CCCC1c1nc2c([nH]1)CC(=CC1CCC(c3ccc4nc(C5CCCN5C(=O)C(N)C(C)C)[nH]c4c3)N1C1=CC(F)C(OC(C)C)C=C1)C=C2)C(C)C. The van der Waals surface area contributed by atoms with Crippen LogP contribution in [-0.4, -0.2) is 109 Å². The molecular formula is C48H64FN9O5. The van der Waals surface area contributed by atoms with Gasteiger partial charge in [0.1, 0.15) is 23.8 Å². The number of H-pyrrole nitrogens is 2. The number of alkyl halides is 1. The van der Waals surface area contributed by atoms with Gasteiger partial charge < -0.3 is 45.2 Å². The summed E-state index contributed by atoms with van der Waals surface area (Å²) in [6.07, 6.45) is 15.0. The lowest BCUT2D eigenvalue weighted by atomic mass is 9.99. The molecule has 5 aliphatic rings. The van der Waals surface area contributed by atoms with Crippen LogP contribution in [0.4, 0.5) is 9.18 Å². The normalized spacial score (nSPS) is 26.4. The van der Waals surface area contributed by atoms with Crippen molar-refractivity contribution in [3.05, 3.63) is 88.4 Å². The summed E-state index contributed by atoms with van der Waals surface area (Å²) in [5.74, 6) is 1.26. The van der Waals surface area contributed by atoms with E-state index >= 15 is 4.39 Å². The summed E-state index contributed by atoms with van der Waals surface area (Å²) in [5, 5.41) is 2.73. The maximum atomic E-state index is 15.9. The molecule has 1 aromatic carbocycles. The number of imidazole rings is 2. The number of nitrogens with two attached hydrogens (primary N) is 1. The zero-order valence-electron chi connectivity index (χ0n) is 37.6. The number of nitrogens with one attached hydrogen (secondary N) is 3. The Labute approximate surface area is 369 Å². The van der Waals surface area contributed by atoms with Gasteiger partial charge in [0.2, 0.25) is 11.8 Å². The van der Waals surface area contributed by atoms with Gasteiger partial charge >= 0.3 is 6.09 Å². The van der Waals surface area contributed by atoms with Crippen molar-refractivity contribution >= 4 is 35.0 Å². The Kier molecular flexibility index (Phi) is 13.0. The van der Waals surface area contributed by atoms with Crippen molar-refractivity contribution in [1.82, 2.24) is 40.0 Å². The number of rotatable bonds is 12. The third-order valence-electron chi connectivity index (χ3n) is 13.3. The van der Waals surface area contributed by atoms with Gasteiger partial charge in [0.15, 0.2) is 6.17 Å². The molecule has 3 saturated heterocycles. The number of aromatic amines is 2. The number of nitrogens with zero attached hydrogens (tertiary/aromatic N) is 5. The predicted octanol–water partition coefficient (Wildman–Crippen LogP) is 7.26. The van der Waals surface area contributed by atoms with Gasteiger partial charge in [-0.2, -0.15) is 0 Å². The molecule has 5 heterocycles. The van der Waals surface area contributed by atoms with E-state index in [0.717, 1.165) is 89.4 Å². The van der Waals surface area contributed by atoms with Crippen LogP contribution in [0.5, 0.6) is 0 Å². The largest absolute Gasteiger partial charge is 0.453 e. The van der Waals surface area contributed by atoms with Crippen LogP contribution < -0.4 is 11.1 Å². The van der Waals surface area contributed by atoms with E-state index in [-0.39, 0.29) is 53.9 Å². The van der Waals surface area contributed by atoms with Gasteiger partial charge in [-0.05, 0) is 106 Å². The molecule has 3 aromatic rings. The van der Waals surface area contributed by atoms with Crippen molar-refractivity contribution in [2.75, 3.05) is 20.2 Å². The molecule has 0 saturated carbocycles. The summed E-state index contributed by atoms with van der Waals surface area (Å²) in [6.45, 7) is 12.8. The number of carbonyl (C=O) groups excluding carboxylic acids is 3. The van der Waals surface area contributed by atoms with Crippen molar-refractivity contribution in [2.24, 2.45) is 17.6 Å². The third-order valence-corrected chi connectivity index (χ3v) is 13.3. The molecule has 14 nitrogen and oxygen atoms in total. The number of allylic oxidation sites excluding steroid dienone is 3. The average molecular weight is 866 g/mol. The molecule has 5 N–H and O–H groups in total. The number of likely N-dealkylation sites (tertiary alicyclic amines) is 3. The second-order valence-electron chi connectivity index (χ2n) is 18.8. The number of alkyl carbamates (subject to hydrolysis) is 1. The fourth-order valence-corrected chi connectivity index (χ4v) is 10.0. The smallest absolute Gasteiger partial charge is 0.407 e. The first-order valence-electron chi connectivity index (χ1n) is 22.9. The maximum Gasteiger partial charge on any atom is 0.407 e. The summed E-state index contributed by atoms with van der Waals surface area (Å²) in [5.41, 5.74) is 12.9. The van der Waals surface area contributed by atoms with E-state index in [1.165, 1.54) is 7.11 Å². The predicted molar refractivity (Wildman–Crippen MR) is 240 cm³/mol. The van der Waals surface area contributed by atoms with Crippen molar-refractivity contribution < 1.29 is 28.2 Å². The molecule has 3 aliphatic heterocycles. The molecule has 8 atom stereocenters. The lowest BCUT2D eigenvalue weighted by Gasteiger charge is -2.35. The second-order valence-corrected chi connectivity index (χ2v) is 18.8. The monoisotopic (exact) mass is 866 g/mol. The van der Waals surface area contributed by atoms with Gasteiger partial charge in [-0.1, -0.05) is 52.0 Å². The molecule has 3 fully saturated rings. The van der Waals surface area contributed by atoms with E-state index in [9.17, 15) is 14.4 Å². The van der Waals surface area contributed by atoms with E-state index in [1.807, 2.05) is 75.6 Å². The highest BCUT2D eigenvalue weighted by molar-refractivity contribution is 5.86. The molecule has 0 bridgehead atoms. The zero-order valence-corrected chi connectivity index (χ0v) is 37.6. The molecule has 2 aliphatic carbocycles. The quantitative estimate of drug-likeness (QED) is 0.146. The van der Waals surface area contributed by atoms with Crippen LogP contribution in [0.15, 0.2) is 59.8 Å². The van der Waals surface area contributed by atoms with Gasteiger partial charge in [-0.3, -0.25) is 9.59 Å². The first-order chi connectivity index (χ1) is 30.2. The number of carbonyl (C=O) groups is 3. The van der Waals surface area contributed by atoms with Crippen molar-refractivity contribution in [1.29, 1.82) is 0 Å². The lowest BCUT2D eigenvalue weighted by molar-refractivity contribution is -0.136. The van der Waals surface area contributed by atoms with Crippen molar-refractivity contribution in [3.63, 3.8) is 0 Å². The minimum Gasteiger partial charge on any atom is -0.453 e. The Morgan fingerprint density at radius 3 is 2.27 bits per heavy atom. The molecule has 8 rings (SSSR count). The van der Waals surface area contributed by atoms with Crippen molar-refractivity contribution in [3.8, 4) is 0 Å². The molecule has 0 radical (unpaired) electrons. The van der Waals surface area contributed by atoms with Crippen LogP contribution in [0.2, 0.25) is 0 Å². The minimum atomic E-state index is -1.30. The van der Waals surface area contributed by atoms with Gasteiger partial charge in [0.25, 0.3) is 0 Å². The molecule has 3 amide bonds. The molecule has 338 valence electrons. The number of methoxy groups -OCH3 is 1. The Balaban J connectivity index is 1.05. The first kappa shape index (κ1) is 44.3. The van der Waals surface area contributed by atoms with Gasteiger partial charge in [0, 0.05) is 36.9 Å². The molecule has 2 aromatic heterocycles. The molecule has 0 spiro atoms. The number of hydrogen-bond donors (Lipinski definition) is 4. The molecular weight excluding hydrogens is 802 g/mol. The van der Waals surface area contributed by atoms with Crippen LogP contribution in [-0.2, 0) is 25.5 Å². The minimum absolute atomic E-state index is 0.0290. The van der Waals surface area contributed by atoms with E-state index in [2.05, 4.69) is 44.5 Å². The van der Waals surface area contributed by atoms with Gasteiger partial charge in [-0.25, -0.2) is 19.2 Å². The number of ether oxygens (including phenoxy) is 2. The van der Waals surface area contributed by atoms with Gasteiger partial charge in [-0.15, -0.1) is 0 Å². The number of benzene rings is 1. The van der Waals surface area contributed by atoms with E-state index in [1.54, 1.807) is 6.08 Å². The fourth-order valence-electron chi connectivity index (χ4n) is 10.0. The van der Waals surface area contributed by atoms with Crippen LogP contribution >= 0.6 is 0 Å². The standard InChI is InChI=1S/C48H64FN9O5/c1-26(2)42(50)46(59)56-20-8-10-39(56)44-52-35-17-13-30(24-37(35)54-44)38-18-14-31(58(38)32-15-19-41(33(49)25-32)63-28(5)6)22-29-12-16-34-36(23-29)53-45(51-34)40-11-9-21-57(40)47(60)43(27(3)4)55-48(61)62-7/h12-13,15-17,19,22,24-28,31,33,38-43H,8-11,14,18,20-21,23,50H2,1-7H3,(H,51,53)(H,52,54)(H,55,61). The van der Waals surface area contributed by atoms with Crippen LogP contribution in [0, 0.1) is 11.8 Å². The van der Waals surface area contributed by atoms with Gasteiger partial charge in [0.05, 0.1) is 54.1 Å². The highest BCUT2D eigenvalue weighted by atomic mass is 19.1. The highest BCUT2D eigenvalue weighted by Gasteiger charge is 2.40. The summed E-state index contributed by atoms with van der Waals surface area (Å²) in [6, 6.07) is 4.61. The van der Waals surface area contributed by atoms with E-state index in [0.29, 0.717) is 19.5 Å². The first-order valence-corrected chi connectivity index (χ1v) is 22.9. The number of hydrogen-bond acceptors (Lipinski definition) is 9. The molecule has 63 heavy (non-hydrogen) atoms.